The van der Waals surface area contributed by atoms with Crippen molar-refractivity contribution in [3.8, 4) is 0 Å². The Kier molecular flexibility index (Phi) is 3.12. The van der Waals surface area contributed by atoms with Gasteiger partial charge in [-0.1, -0.05) is 13.8 Å². The lowest BCUT2D eigenvalue weighted by Crippen LogP contribution is -2.22. The molecule has 0 amide bonds. The molecule has 0 aliphatic carbocycles. The molecule has 0 fully saturated rings. The molecular formula is C10H17N3. The molecule has 0 aromatic carbocycles. The maximum absolute atomic E-state index is 5.50. The molecule has 0 aliphatic heterocycles. The average molecular weight is 179 g/mol. The van der Waals surface area contributed by atoms with E-state index >= 15 is 0 Å². The zero-order valence-electron chi connectivity index (χ0n) is 8.49. The van der Waals surface area contributed by atoms with Crippen LogP contribution in [-0.2, 0) is 0 Å². The highest BCUT2D eigenvalue weighted by molar-refractivity contribution is 5.47. The summed E-state index contributed by atoms with van der Waals surface area (Å²) in [5, 5.41) is 0. The van der Waals surface area contributed by atoms with Crippen LogP contribution in [0, 0.1) is 5.92 Å². The molecule has 72 valence electrons. The second-order valence-corrected chi connectivity index (χ2v) is 3.72. The van der Waals surface area contributed by atoms with Gasteiger partial charge in [0, 0.05) is 13.6 Å². The van der Waals surface area contributed by atoms with Crippen LogP contribution in [0.15, 0.2) is 18.3 Å². The Morgan fingerprint density at radius 2 is 2.15 bits per heavy atom. The quantitative estimate of drug-likeness (QED) is 0.768. The highest BCUT2D eigenvalue weighted by atomic mass is 15.1. The Labute approximate surface area is 79.6 Å². The summed E-state index contributed by atoms with van der Waals surface area (Å²) in [6, 6.07) is 3.82. The number of pyridine rings is 1. The van der Waals surface area contributed by atoms with Crippen molar-refractivity contribution in [1.29, 1.82) is 0 Å². The molecule has 0 spiro atoms. The van der Waals surface area contributed by atoms with Crippen LogP contribution in [0.4, 0.5) is 11.5 Å². The molecular weight excluding hydrogens is 162 g/mol. The van der Waals surface area contributed by atoms with Crippen molar-refractivity contribution < 1.29 is 0 Å². The van der Waals surface area contributed by atoms with Crippen LogP contribution in [0.5, 0.6) is 0 Å². The molecule has 1 rings (SSSR count). The molecule has 13 heavy (non-hydrogen) atoms. The number of nitrogens with zero attached hydrogens (tertiary/aromatic N) is 2. The minimum atomic E-state index is 0.571. The first kappa shape index (κ1) is 9.84. The molecule has 0 aliphatic rings. The van der Waals surface area contributed by atoms with Crippen molar-refractivity contribution in [2.24, 2.45) is 5.92 Å². The third kappa shape index (κ3) is 2.93. The first-order chi connectivity index (χ1) is 6.09. The van der Waals surface area contributed by atoms with Crippen molar-refractivity contribution in [2.75, 3.05) is 24.2 Å². The van der Waals surface area contributed by atoms with Crippen LogP contribution in [0.2, 0.25) is 0 Å². The van der Waals surface area contributed by atoms with Gasteiger partial charge in [0.1, 0.15) is 5.82 Å². The molecule has 0 saturated heterocycles. The maximum atomic E-state index is 5.50. The molecule has 0 atom stereocenters. The summed E-state index contributed by atoms with van der Waals surface area (Å²) < 4.78 is 0. The normalized spacial score (nSPS) is 10.5. The number of nitrogens with two attached hydrogens (primary N) is 1. The van der Waals surface area contributed by atoms with E-state index in [0.29, 0.717) is 11.7 Å². The summed E-state index contributed by atoms with van der Waals surface area (Å²) in [4.78, 5) is 6.22. The Bertz CT molecular complexity index is 253. The van der Waals surface area contributed by atoms with Crippen molar-refractivity contribution in [1.82, 2.24) is 4.98 Å². The van der Waals surface area contributed by atoms with Crippen LogP contribution in [0.25, 0.3) is 0 Å². The van der Waals surface area contributed by atoms with Gasteiger partial charge in [-0.05, 0) is 18.1 Å². The maximum Gasteiger partial charge on any atom is 0.123 e. The molecule has 1 aromatic heterocycles. The lowest BCUT2D eigenvalue weighted by atomic mass is 10.2. The Morgan fingerprint density at radius 1 is 1.46 bits per heavy atom. The minimum absolute atomic E-state index is 0.571. The van der Waals surface area contributed by atoms with Gasteiger partial charge >= 0.3 is 0 Å². The third-order valence-corrected chi connectivity index (χ3v) is 1.85. The van der Waals surface area contributed by atoms with E-state index in [9.17, 15) is 0 Å². The Morgan fingerprint density at radius 3 is 2.62 bits per heavy atom. The van der Waals surface area contributed by atoms with Gasteiger partial charge in [0.05, 0.1) is 11.9 Å². The van der Waals surface area contributed by atoms with Gasteiger partial charge in [0.25, 0.3) is 0 Å². The Balaban J connectivity index is 2.66. The van der Waals surface area contributed by atoms with E-state index < -0.39 is 0 Å². The molecule has 0 unspecified atom stereocenters. The summed E-state index contributed by atoms with van der Waals surface area (Å²) in [5.41, 5.74) is 6.61. The summed E-state index contributed by atoms with van der Waals surface area (Å²) >= 11 is 0. The van der Waals surface area contributed by atoms with E-state index in [1.54, 1.807) is 6.20 Å². The molecule has 1 aromatic rings. The summed E-state index contributed by atoms with van der Waals surface area (Å²) in [6.07, 6.45) is 1.80. The second kappa shape index (κ2) is 4.12. The summed E-state index contributed by atoms with van der Waals surface area (Å²) in [6.45, 7) is 5.42. The number of aromatic nitrogens is 1. The van der Waals surface area contributed by atoms with Crippen molar-refractivity contribution >= 4 is 11.5 Å². The predicted octanol–water partition coefficient (Wildman–Crippen LogP) is 1.76. The van der Waals surface area contributed by atoms with E-state index in [4.69, 9.17) is 5.73 Å². The molecule has 0 radical (unpaired) electrons. The van der Waals surface area contributed by atoms with Gasteiger partial charge in [-0.3, -0.25) is 0 Å². The highest BCUT2D eigenvalue weighted by Gasteiger charge is 2.02. The zero-order chi connectivity index (χ0) is 9.84. The number of hydrogen-bond donors (Lipinski definition) is 1. The molecule has 3 nitrogen and oxygen atoms in total. The highest BCUT2D eigenvalue weighted by Crippen LogP contribution is 2.13. The molecule has 1 heterocycles. The van der Waals surface area contributed by atoms with Crippen LogP contribution >= 0.6 is 0 Å². The van der Waals surface area contributed by atoms with Crippen LogP contribution in [-0.4, -0.2) is 18.6 Å². The number of rotatable bonds is 3. The lowest BCUT2D eigenvalue weighted by Gasteiger charge is -2.20. The van der Waals surface area contributed by atoms with E-state index in [2.05, 4.69) is 30.8 Å². The van der Waals surface area contributed by atoms with E-state index in [0.717, 1.165) is 12.2 Å². The first-order valence-corrected chi connectivity index (χ1v) is 4.52. The largest absolute Gasteiger partial charge is 0.384 e. The zero-order valence-corrected chi connectivity index (χ0v) is 8.49. The lowest BCUT2D eigenvalue weighted by molar-refractivity contribution is 0.638. The van der Waals surface area contributed by atoms with Crippen LogP contribution in [0.3, 0.4) is 0 Å². The van der Waals surface area contributed by atoms with Gasteiger partial charge in [0.15, 0.2) is 0 Å². The molecule has 3 heteroatoms. The summed E-state index contributed by atoms with van der Waals surface area (Å²) in [7, 11) is 2.06. The first-order valence-electron chi connectivity index (χ1n) is 4.52. The fourth-order valence-corrected chi connectivity index (χ4v) is 1.28. The Hall–Kier alpha value is -1.25. The monoisotopic (exact) mass is 179 g/mol. The van der Waals surface area contributed by atoms with Crippen LogP contribution in [0.1, 0.15) is 13.8 Å². The molecule has 2 N–H and O–H groups in total. The third-order valence-electron chi connectivity index (χ3n) is 1.85. The van der Waals surface area contributed by atoms with Gasteiger partial charge in [-0.15, -0.1) is 0 Å². The van der Waals surface area contributed by atoms with Gasteiger partial charge < -0.3 is 10.6 Å². The van der Waals surface area contributed by atoms with Gasteiger partial charge in [0.2, 0.25) is 0 Å². The number of anilines is 2. The minimum Gasteiger partial charge on any atom is -0.384 e. The van der Waals surface area contributed by atoms with E-state index in [-0.39, 0.29) is 0 Å². The number of hydrogen-bond acceptors (Lipinski definition) is 3. The standard InChI is InChI=1S/C10H17N3/c1-8(2)7-13(3)9-4-5-10(11)12-6-9/h4-6,8H,7H2,1-3H3,(H2,11,12). The van der Waals surface area contributed by atoms with Gasteiger partial charge in [-0.2, -0.15) is 0 Å². The van der Waals surface area contributed by atoms with Gasteiger partial charge in [-0.25, -0.2) is 4.98 Å². The fraction of sp³-hybridized carbons (Fsp3) is 0.500. The predicted molar refractivity (Wildman–Crippen MR) is 56.8 cm³/mol. The van der Waals surface area contributed by atoms with Crippen LogP contribution < -0.4 is 10.6 Å². The molecule has 0 bridgehead atoms. The fourth-order valence-electron chi connectivity index (χ4n) is 1.28. The summed E-state index contributed by atoms with van der Waals surface area (Å²) in [5.74, 6) is 1.23. The SMILES string of the molecule is CC(C)CN(C)c1ccc(N)nc1. The van der Waals surface area contributed by atoms with Crippen molar-refractivity contribution in [3.63, 3.8) is 0 Å². The second-order valence-electron chi connectivity index (χ2n) is 3.72. The topological polar surface area (TPSA) is 42.1 Å². The average Bonchev–Trinajstić information content (AvgIpc) is 2.04. The van der Waals surface area contributed by atoms with Crippen molar-refractivity contribution in [2.45, 2.75) is 13.8 Å². The van der Waals surface area contributed by atoms with E-state index in [1.807, 2.05) is 12.1 Å². The number of nitrogen functional groups attached to an aromatic ring is 1. The van der Waals surface area contributed by atoms with E-state index in [1.165, 1.54) is 0 Å². The van der Waals surface area contributed by atoms with Crippen molar-refractivity contribution in [3.05, 3.63) is 18.3 Å². The smallest absolute Gasteiger partial charge is 0.123 e. The molecule has 0 saturated carbocycles.